The SMILES string of the molecule is CC1CCCCCC1Nc1cc(NN)nc(N)n1. The Kier molecular flexibility index (Phi) is 4.19. The minimum absolute atomic E-state index is 0.231. The zero-order valence-corrected chi connectivity index (χ0v) is 10.8. The van der Waals surface area contributed by atoms with E-state index in [1.54, 1.807) is 6.07 Å². The number of anilines is 3. The molecule has 6 heteroatoms. The first-order valence-corrected chi connectivity index (χ1v) is 6.56. The molecule has 18 heavy (non-hydrogen) atoms. The molecular weight excluding hydrogens is 228 g/mol. The van der Waals surface area contributed by atoms with Crippen LogP contribution in [0.15, 0.2) is 6.07 Å². The zero-order valence-electron chi connectivity index (χ0n) is 10.8. The summed E-state index contributed by atoms with van der Waals surface area (Å²) in [6.45, 7) is 2.29. The number of nitrogen functional groups attached to an aromatic ring is 2. The van der Waals surface area contributed by atoms with Crippen LogP contribution < -0.4 is 22.3 Å². The normalized spacial score (nSPS) is 24.3. The lowest BCUT2D eigenvalue weighted by Crippen LogP contribution is -2.27. The quantitative estimate of drug-likeness (QED) is 0.370. The van der Waals surface area contributed by atoms with Crippen LogP contribution in [0, 0.1) is 5.92 Å². The summed E-state index contributed by atoms with van der Waals surface area (Å²) in [6, 6.07) is 2.24. The van der Waals surface area contributed by atoms with Crippen molar-refractivity contribution in [2.75, 3.05) is 16.5 Å². The Balaban J connectivity index is 2.09. The van der Waals surface area contributed by atoms with Crippen molar-refractivity contribution >= 4 is 17.6 Å². The molecule has 6 N–H and O–H groups in total. The van der Waals surface area contributed by atoms with Gasteiger partial charge < -0.3 is 16.5 Å². The van der Waals surface area contributed by atoms with Gasteiger partial charge in [-0.2, -0.15) is 9.97 Å². The number of nitrogens with one attached hydrogen (secondary N) is 2. The topological polar surface area (TPSA) is 102 Å². The van der Waals surface area contributed by atoms with Gasteiger partial charge in [-0.3, -0.25) is 0 Å². The van der Waals surface area contributed by atoms with Gasteiger partial charge in [-0.1, -0.05) is 26.2 Å². The lowest BCUT2D eigenvalue weighted by molar-refractivity contribution is 0.455. The van der Waals surface area contributed by atoms with E-state index in [2.05, 4.69) is 27.6 Å². The number of nitrogens with zero attached hydrogens (tertiary/aromatic N) is 2. The maximum atomic E-state index is 5.65. The molecule has 0 aromatic carbocycles. The van der Waals surface area contributed by atoms with Crippen LogP contribution in [-0.4, -0.2) is 16.0 Å². The highest BCUT2D eigenvalue weighted by molar-refractivity contribution is 5.50. The second-order valence-electron chi connectivity index (χ2n) is 5.01. The van der Waals surface area contributed by atoms with Gasteiger partial charge in [0.05, 0.1) is 0 Å². The predicted molar refractivity (Wildman–Crippen MR) is 73.9 cm³/mol. The Bertz CT molecular complexity index is 394. The summed E-state index contributed by atoms with van der Waals surface area (Å²) >= 11 is 0. The largest absolute Gasteiger partial charge is 0.368 e. The third kappa shape index (κ3) is 3.22. The molecule has 0 radical (unpaired) electrons. The van der Waals surface area contributed by atoms with Crippen molar-refractivity contribution in [1.82, 2.24) is 9.97 Å². The minimum Gasteiger partial charge on any atom is -0.368 e. The van der Waals surface area contributed by atoms with Gasteiger partial charge >= 0.3 is 0 Å². The number of hydrogen-bond donors (Lipinski definition) is 4. The van der Waals surface area contributed by atoms with E-state index in [1.165, 1.54) is 32.1 Å². The molecule has 2 rings (SSSR count). The van der Waals surface area contributed by atoms with Gasteiger partial charge in [-0.05, 0) is 18.8 Å². The van der Waals surface area contributed by atoms with E-state index in [4.69, 9.17) is 11.6 Å². The molecule has 1 aromatic rings. The average molecular weight is 250 g/mol. The van der Waals surface area contributed by atoms with E-state index in [0.29, 0.717) is 17.8 Å². The van der Waals surface area contributed by atoms with E-state index in [9.17, 15) is 0 Å². The Morgan fingerprint density at radius 2 is 1.89 bits per heavy atom. The first-order valence-electron chi connectivity index (χ1n) is 6.56. The van der Waals surface area contributed by atoms with Crippen LogP contribution in [0.1, 0.15) is 39.0 Å². The molecule has 100 valence electrons. The van der Waals surface area contributed by atoms with Crippen molar-refractivity contribution in [2.45, 2.75) is 45.1 Å². The van der Waals surface area contributed by atoms with Crippen molar-refractivity contribution in [2.24, 2.45) is 11.8 Å². The summed E-state index contributed by atoms with van der Waals surface area (Å²) in [4.78, 5) is 8.17. The van der Waals surface area contributed by atoms with Gasteiger partial charge in [0.25, 0.3) is 0 Å². The number of rotatable bonds is 3. The van der Waals surface area contributed by atoms with E-state index in [1.807, 2.05) is 0 Å². The summed E-state index contributed by atoms with van der Waals surface area (Å²) in [6.07, 6.45) is 6.35. The van der Waals surface area contributed by atoms with Crippen LogP contribution >= 0.6 is 0 Å². The average Bonchev–Trinajstić information content (AvgIpc) is 2.54. The van der Waals surface area contributed by atoms with Gasteiger partial charge in [0.1, 0.15) is 11.6 Å². The molecule has 6 nitrogen and oxygen atoms in total. The molecule has 2 unspecified atom stereocenters. The summed E-state index contributed by atoms with van der Waals surface area (Å²) in [5.41, 5.74) is 8.15. The summed E-state index contributed by atoms with van der Waals surface area (Å²) in [7, 11) is 0. The fraction of sp³-hybridized carbons (Fsp3) is 0.667. The Morgan fingerprint density at radius 1 is 1.17 bits per heavy atom. The molecule has 1 aliphatic rings. The highest BCUT2D eigenvalue weighted by Crippen LogP contribution is 2.26. The van der Waals surface area contributed by atoms with Crippen molar-refractivity contribution < 1.29 is 0 Å². The van der Waals surface area contributed by atoms with Gasteiger partial charge in [0.15, 0.2) is 0 Å². The number of aromatic nitrogens is 2. The number of hydrogen-bond acceptors (Lipinski definition) is 6. The van der Waals surface area contributed by atoms with Gasteiger partial charge in [0, 0.05) is 12.1 Å². The molecule has 0 aliphatic heterocycles. The van der Waals surface area contributed by atoms with E-state index < -0.39 is 0 Å². The molecule has 0 spiro atoms. The molecule has 2 atom stereocenters. The molecule has 0 bridgehead atoms. The highest BCUT2D eigenvalue weighted by atomic mass is 15.3. The lowest BCUT2D eigenvalue weighted by Gasteiger charge is -2.23. The molecule has 1 aromatic heterocycles. The lowest BCUT2D eigenvalue weighted by atomic mass is 9.97. The van der Waals surface area contributed by atoms with Crippen molar-refractivity contribution in [3.8, 4) is 0 Å². The molecule has 0 amide bonds. The smallest absolute Gasteiger partial charge is 0.223 e. The zero-order chi connectivity index (χ0) is 13.0. The molecule has 1 fully saturated rings. The molecule has 1 saturated carbocycles. The number of nitrogens with two attached hydrogens (primary N) is 2. The molecular formula is C12H22N6. The fourth-order valence-electron chi connectivity index (χ4n) is 2.51. The van der Waals surface area contributed by atoms with Crippen molar-refractivity contribution in [1.29, 1.82) is 0 Å². The maximum absolute atomic E-state index is 5.65. The Morgan fingerprint density at radius 3 is 2.67 bits per heavy atom. The third-order valence-corrected chi connectivity index (χ3v) is 3.59. The van der Waals surface area contributed by atoms with Gasteiger partial charge in [-0.25, -0.2) is 5.84 Å². The van der Waals surface area contributed by atoms with Crippen LogP contribution in [0.2, 0.25) is 0 Å². The highest BCUT2D eigenvalue weighted by Gasteiger charge is 2.20. The monoisotopic (exact) mass is 250 g/mol. The second kappa shape index (κ2) is 5.86. The first-order chi connectivity index (χ1) is 8.69. The molecule has 1 heterocycles. The fourth-order valence-corrected chi connectivity index (χ4v) is 2.51. The molecule has 1 aliphatic carbocycles. The van der Waals surface area contributed by atoms with Crippen molar-refractivity contribution in [3.05, 3.63) is 6.07 Å². The van der Waals surface area contributed by atoms with Crippen molar-refractivity contribution in [3.63, 3.8) is 0 Å². The maximum Gasteiger partial charge on any atom is 0.223 e. The van der Waals surface area contributed by atoms with E-state index in [-0.39, 0.29) is 5.95 Å². The summed E-state index contributed by atoms with van der Waals surface area (Å²) < 4.78 is 0. The predicted octanol–water partition coefficient (Wildman–Crippen LogP) is 1.73. The number of hydrazine groups is 1. The van der Waals surface area contributed by atoms with Crippen LogP contribution in [0.5, 0.6) is 0 Å². The summed E-state index contributed by atoms with van der Waals surface area (Å²) in [5, 5.41) is 3.46. The van der Waals surface area contributed by atoms with Crippen LogP contribution in [0.4, 0.5) is 17.6 Å². The second-order valence-corrected chi connectivity index (χ2v) is 5.01. The first kappa shape index (κ1) is 12.9. The van der Waals surface area contributed by atoms with Gasteiger partial charge in [0.2, 0.25) is 5.95 Å². The van der Waals surface area contributed by atoms with E-state index >= 15 is 0 Å². The minimum atomic E-state index is 0.231. The summed E-state index contributed by atoms with van der Waals surface area (Å²) in [5.74, 6) is 7.51. The van der Waals surface area contributed by atoms with Crippen LogP contribution in [-0.2, 0) is 0 Å². The Hall–Kier alpha value is -1.56. The van der Waals surface area contributed by atoms with Crippen LogP contribution in [0.25, 0.3) is 0 Å². The standard InChI is InChI=1S/C12H22N6/c1-8-5-3-2-4-6-9(8)15-10-7-11(18-14)17-12(13)16-10/h7-9H,2-6,14H2,1H3,(H4,13,15,16,17,18). The van der Waals surface area contributed by atoms with Crippen LogP contribution in [0.3, 0.4) is 0 Å². The van der Waals surface area contributed by atoms with E-state index in [0.717, 1.165) is 5.82 Å². The van der Waals surface area contributed by atoms with Gasteiger partial charge in [-0.15, -0.1) is 0 Å². The molecule has 0 saturated heterocycles. The third-order valence-electron chi connectivity index (χ3n) is 3.59. The Labute approximate surface area is 108 Å².